The molecule has 188 valence electrons. The predicted molar refractivity (Wildman–Crippen MR) is 133 cm³/mol. The summed E-state index contributed by atoms with van der Waals surface area (Å²) in [6.07, 6.45) is 7.24. The monoisotopic (exact) mass is 492 g/mol. The number of nitrogens with one attached hydrogen (secondary N) is 2. The molecule has 2 unspecified atom stereocenters. The number of hydrogen-bond acceptors (Lipinski definition) is 7. The number of methoxy groups -OCH3 is 2. The van der Waals surface area contributed by atoms with E-state index in [9.17, 15) is 18.6 Å². The van der Waals surface area contributed by atoms with Gasteiger partial charge in [0.2, 0.25) is 10.0 Å². The van der Waals surface area contributed by atoms with Gasteiger partial charge in [0.05, 0.1) is 32.3 Å². The summed E-state index contributed by atoms with van der Waals surface area (Å²) >= 11 is 0. The fourth-order valence-electron chi connectivity index (χ4n) is 4.58. The molecule has 0 aromatic heterocycles. The molecule has 0 saturated heterocycles. The molecule has 0 amide bonds. The Kier molecular flexibility index (Phi) is 9.04. The molecular formula is C25H36N2O6S. The van der Waals surface area contributed by atoms with Crippen LogP contribution in [-0.4, -0.2) is 45.7 Å². The second-order valence-corrected chi connectivity index (χ2v) is 10.7. The maximum Gasteiger partial charge on any atom is 0.229 e. The van der Waals surface area contributed by atoms with E-state index in [-0.39, 0.29) is 24.0 Å². The van der Waals surface area contributed by atoms with Gasteiger partial charge in [-0.15, -0.1) is 0 Å². The second kappa shape index (κ2) is 11.8. The van der Waals surface area contributed by atoms with Gasteiger partial charge in [-0.1, -0.05) is 44.2 Å². The van der Waals surface area contributed by atoms with E-state index >= 15 is 0 Å². The zero-order chi connectivity index (χ0) is 24.7. The number of ether oxygens (including phenoxy) is 2. The number of hydrogen-bond donors (Lipinski definition) is 4. The van der Waals surface area contributed by atoms with Crippen LogP contribution >= 0.6 is 0 Å². The summed E-state index contributed by atoms with van der Waals surface area (Å²) < 4.78 is 36.3. The minimum Gasteiger partial charge on any atom is -0.506 e. The molecule has 4 N–H and O–H groups in total. The van der Waals surface area contributed by atoms with Crippen molar-refractivity contribution in [2.75, 3.05) is 31.7 Å². The summed E-state index contributed by atoms with van der Waals surface area (Å²) in [5.74, 6) is 1.73. The number of sulfonamides is 1. The third-order valence-electron chi connectivity index (χ3n) is 6.36. The van der Waals surface area contributed by atoms with Crippen molar-refractivity contribution in [1.82, 2.24) is 5.32 Å². The number of aliphatic hydroxyl groups is 1. The van der Waals surface area contributed by atoms with Crippen LogP contribution in [0.25, 0.3) is 0 Å². The van der Waals surface area contributed by atoms with Crippen LogP contribution in [0.1, 0.15) is 61.8 Å². The van der Waals surface area contributed by atoms with E-state index in [1.807, 2.05) is 18.2 Å². The first-order chi connectivity index (χ1) is 16.2. The van der Waals surface area contributed by atoms with Crippen LogP contribution in [0.2, 0.25) is 0 Å². The Balaban J connectivity index is 1.78. The van der Waals surface area contributed by atoms with Crippen LogP contribution < -0.4 is 19.5 Å². The molecule has 9 heteroatoms. The lowest BCUT2D eigenvalue weighted by Gasteiger charge is -2.29. The first-order valence-electron chi connectivity index (χ1n) is 11.6. The fraction of sp³-hybridized carbons (Fsp3) is 0.520. The van der Waals surface area contributed by atoms with Crippen LogP contribution in [0.3, 0.4) is 0 Å². The number of aromatic hydroxyl groups is 1. The second-order valence-electron chi connectivity index (χ2n) is 8.98. The van der Waals surface area contributed by atoms with Crippen LogP contribution in [0.5, 0.6) is 17.2 Å². The molecule has 34 heavy (non-hydrogen) atoms. The average molecular weight is 493 g/mol. The highest BCUT2D eigenvalue weighted by atomic mass is 32.2. The molecule has 2 aromatic rings. The molecule has 3 rings (SSSR count). The Morgan fingerprint density at radius 2 is 1.68 bits per heavy atom. The van der Waals surface area contributed by atoms with Crippen molar-refractivity contribution in [3.8, 4) is 17.2 Å². The molecular weight excluding hydrogens is 456 g/mol. The maximum atomic E-state index is 11.6. The first-order valence-corrected chi connectivity index (χ1v) is 13.5. The highest BCUT2D eigenvalue weighted by molar-refractivity contribution is 7.92. The van der Waals surface area contributed by atoms with E-state index in [1.165, 1.54) is 44.2 Å². The zero-order valence-corrected chi connectivity index (χ0v) is 20.9. The molecule has 0 radical (unpaired) electrons. The smallest absolute Gasteiger partial charge is 0.229 e. The van der Waals surface area contributed by atoms with Gasteiger partial charge in [0.25, 0.3) is 0 Å². The van der Waals surface area contributed by atoms with E-state index in [0.717, 1.165) is 18.2 Å². The standard InChI is InChI=1S/C25H36N2O6S/c1-32-24-12-10-18(15-25(24)33-2)20(13-17-7-5-4-6-8-17)26-16-23(29)19-9-11-22(28)21(14-19)27-34(3,30)31/h9-12,14-15,17,20,23,26-29H,4-8,13,16H2,1-3H3. The van der Waals surface area contributed by atoms with Gasteiger partial charge < -0.3 is 25.0 Å². The lowest BCUT2D eigenvalue weighted by Crippen LogP contribution is -2.29. The van der Waals surface area contributed by atoms with Crippen molar-refractivity contribution < 1.29 is 28.1 Å². The molecule has 1 saturated carbocycles. The van der Waals surface area contributed by atoms with Gasteiger partial charge in [0, 0.05) is 12.6 Å². The average Bonchev–Trinajstić information content (AvgIpc) is 2.82. The van der Waals surface area contributed by atoms with Crippen molar-refractivity contribution in [1.29, 1.82) is 0 Å². The molecule has 1 aliphatic rings. The number of rotatable bonds is 11. The van der Waals surface area contributed by atoms with Gasteiger partial charge in [-0.25, -0.2) is 8.42 Å². The van der Waals surface area contributed by atoms with Gasteiger partial charge in [0.1, 0.15) is 5.75 Å². The molecule has 2 atom stereocenters. The van der Waals surface area contributed by atoms with Crippen molar-refractivity contribution >= 4 is 15.7 Å². The topological polar surface area (TPSA) is 117 Å². The van der Waals surface area contributed by atoms with Gasteiger partial charge in [0.15, 0.2) is 11.5 Å². The van der Waals surface area contributed by atoms with Crippen molar-refractivity contribution in [3.05, 3.63) is 47.5 Å². The Bertz CT molecular complexity index is 1050. The van der Waals surface area contributed by atoms with Crippen LogP contribution in [-0.2, 0) is 10.0 Å². The molecule has 0 spiro atoms. The normalized spacial score (nSPS) is 16.6. The lowest BCUT2D eigenvalue weighted by molar-refractivity contribution is 0.165. The number of phenols is 1. The third kappa shape index (κ3) is 7.25. The van der Waals surface area contributed by atoms with E-state index < -0.39 is 16.1 Å². The Morgan fingerprint density at radius 1 is 1.00 bits per heavy atom. The molecule has 0 bridgehead atoms. The summed E-state index contributed by atoms with van der Waals surface area (Å²) in [6, 6.07) is 10.3. The lowest BCUT2D eigenvalue weighted by atomic mass is 9.83. The Labute approximate surface area is 202 Å². The van der Waals surface area contributed by atoms with Gasteiger partial charge in [-0.05, 0) is 47.7 Å². The summed E-state index contributed by atoms with van der Waals surface area (Å²) in [4.78, 5) is 0. The van der Waals surface area contributed by atoms with Crippen molar-refractivity contribution in [2.45, 2.75) is 50.7 Å². The molecule has 0 heterocycles. The fourth-order valence-corrected chi connectivity index (χ4v) is 5.14. The quantitative estimate of drug-likeness (QED) is 0.349. The number of benzene rings is 2. The SMILES string of the molecule is COc1ccc(C(CC2CCCCC2)NCC(O)c2ccc(O)c(NS(C)(=O)=O)c2)cc1OC. The van der Waals surface area contributed by atoms with Gasteiger partial charge >= 0.3 is 0 Å². The molecule has 0 aliphatic heterocycles. The number of phenolic OH excluding ortho intramolecular Hbond substituents is 1. The highest BCUT2D eigenvalue weighted by Gasteiger charge is 2.23. The van der Waals surface area contributed by atoms with E-state index in [2.05, 4.69) is 10.0 Å². The van der Waals surface area contributed by atoms with Crippen LogP contribution in [0.4, 0.5) is 5.69 Å². The summed E-state index contributed by atoms with van der Waals surface area (Å²) in [7, 11) is -0.342. The summed E-state index contributed by atoms with van der Waals surface area (Å²) in [5, 5.41) is 24.3. The summed E-state index contributed by atoms with van der Waals surface area (Å²) in [6.45, 7) is 0.259. The third-order valence-corrected chi connectivity index (χ3v) is 6.95. The molecule has 1 aliphatic carbocycles. The highest BCUT2D eigenvalue weighted by Crippen LogP contribution is 2.36. The largest absolute Gasteiger partial charge is 0.506 e. The van der Waals surface area contributed by atoms with Crippen LogP contribution in [0.15, 0.2) is 36.4 Å². The van der Waals surface area contributed by atoms with Crippen molar-refractivity contribution in [3.63, 3.8) is 0 Å². The minimum atomic E-state index is -3.56. The Hall–Kier alpha value is -2.49. The summed E-state index contributed by atoms with van der Waals surface area (Å²) in [5.41, 5.74) is 1.60. The number of anilines is 1. The predicted octanol–water partition coefficient (Wildman–Crippen LogP) is 4.12. The molecule has 1 fully saturated rings. The zero-order valence-electron chi connectivity index (χ0n) is 20.1. The van der Waals surface area contributed by atoms with E-state index in [0.29, 0.717) is 23.0 Å². The maximum absolute atomic E-state index is 11.6. The van der Waals surface area contributed by atoms with E-state index in [1.54, 1.807) is 20.3 Å². The van der Waals surface area contributed by atoms with Crippen molar-refractivity contribution in [2.24, 2.45) is 5.92 Å². The van der Waals surface area contributed by atoms with E-state index in [4.69, 9.17) is 9.47 Å². The van der Waals surface area contributed by atoms with Crippen LogP contribution in [0, 0.1) is 5.92 Å². The minimum absolute atomic E-state index is 0.00304. The first kappa shape index (κ1) is 26.1. The Morgan fingerprint density at radius 3 is 2.32 bits per heavy atom. The number of aliphatic hydroxyl groups excluding tert-OH is 1. The molecule has 8 nitrogen and oxygen atoms in total. The van der Waals surface area contributed by atoms with Gasteiger partial charge in [-0.2, -0.15) is 0 Å². The molecule has 2 aromatic carbocycles. The van der Waals surface area contributed by atoms with Gasteiger partial charge in [-0.3, -0.25) is 4.72 Å².